The fraction of sp³-hybridized carbons (Fsp3) is 0.200. The van der Waals surface area contributed by atoms with Gasteiger partial charge in [-0.15, -0.1) is 0 Å². The maximum Gasteiger partial charge on any atom is 0.263 e. The normalized spacial score (nSPS) is 11.4. The van der Waals surface area contributed by atoms with E-state index in [1.807, 2.05) is 55.5 Å². The van der Waals surface area contributed by atoms with Crippen LogP contribution in [0.1, 0.15) is 16.7 Å². The number of fused-ring (bicyclic) bond motifs is 1. The second kappa shape index (κ2) is 9.46. The lowest BCUT2D eigenvalue weighted by Gasteiger charge is -2.15. The van der Waals surface area contributed by atoms with Crippen molar-refractivity contribution in [3.8, 4) is 5.75 Å². The SMILES string of the molecule is COc1ccc(CCNc2nc3ccccc3nc2NS(=O)(=O)c2cc(C)ccc2C)cc1. The van der Waals surface area contributed by atoms with Gasteiger partial charge in [-0.05, 0) is 67.3 Å². The third-order valence-corrected chi connectivity index (χ3v) is 6.78. The number of nitrogens with one attached hydrogen (secondary N) is 2. The zero-order valence-corrected chi connectivity index (χ0v) is 19.6. The van der Waals surface area contributed by atoms with Gasteiger partial charge in [-0.1, -0.05) is 36.4 Å². The summed E-state index contributed by atoms with van der Waals surface area (Å²) in [6.45, 7) is 4.19. The number of para-hydroxylation sites is 2. The van der Waals surface area contributed by atoms with Crippen molar-refractivity contribution < 1.29 is 13.2 Å². The van der Waals surface area contributed by atoms with Crippen LogP contribution in [0.2, 0.25) is 0 Å². The zero-order chi connectivity index (χ0) is 23.4. The fourth-order valence-corrected chi connectivity index (χ4v) is 4.83. The van der Waals surface area contributed by atoms with E-state index in [2.05, 4.69) is 20.0 Å². The fourth-order valence-electron chi connectivity index (χ4n) is 3.49. The first-order valence-electron chi connectivity index (χ1n) is 10.6. The van der Waals surface area contributed by atoms with Crippen molar-refractivity contribution in [2.75, 3.05) is 23.7 Å². The van der Waals surface area contributed by atoms with Crippen LogP contribution in [0.3, 0.4) is 0 Å². The lowest BCUT2D eigenvalue weighted by molar-refractivity contribution is 0.414. The van der Waals surface area contributed by atoms with E-state index in [0.29, 0.717) is 29.0 Å². The molecule has 7 nitrogen and oxygen atoms in total. The first-order valence-corrected chi connectivity index (χ1v) is 12.1. The Morgan fingerprint density at radius 3 is 2.21 bits per heavy atom. The molecule has 0 bridgehead atoms. The van der Waals surface area contributed by atoms with Gasteiger partial charge in [0.05, 0.1) is 23.0 Å². The summed E-state index contributed by atoms with van der Waals surface area (Å²) in [5.41, 5.74) is 3.94. The molecule has 1 heterocycles. The van der Waals surface area contributed by atoms with Crippen LogP contribution in [0.4, 0.5) is 11.6 Å². The topological polar surface area (TPSA) is 93.2 Å². The summed E-state index contributed by atoms with van der Waals surface area (Å²) < 4.78 is 34.2. The highest BCUT2D eigenvalue weighted by molar-refractivity contribution is 7.92. The van der Waals surface area contributed by atoms with Crippen LogP contribution >= 0.6 is 0 Å². The Balaban J connectivity index is 1.62. The number of methoxy groups -OCH3 is 1. The van der Waals surface area contributed by atoms with Gasteiger partial charge in [-0.3, -0.25) is 4.72 Å². The number of hydrogen-bond donors (Lipinski definition) is 2. The van der Waals surface area contributed by atoms with Crippen molar-refractivity contribution in [1.29, 1.82) is 0 Å². The van der Waals surface area contributed by atoms with Crippen LogP contribution in [0.15, 0.2) is 71.6 Å². The number of benzene rings is 3. The molecule has 4 aromatic rings. The van der Waals surface area contributed by atoms with Gasteiger partial charge < -0.3 is 10.1 Å². The van der Waals surface area contributed by atoms with Crippen molar-refractivity contribution in [2.45, 2.75) is 25.2 Å². The molecule has 0 amide bonds. The third-order valence-electron chi connectivity index (χ3n) is 5.30. The minimum Gasteiger partial charge on any atom is -0.497 e. The molecular weight excluding hydrogens is 436 g/mol. The first kappa shape index (κ1) is 22.5. The number of sulfonamides is 1. The number of anilines is 2. The van der Waals surface area contributed by atoms with E-state index >= 15 is 0 Å². The second-order valence-corrected chi connectivity index (χ2v) is 9.46. The summed E-state index contributed by atoms with van der Waals surface area (Å²) >= 11 is 0. The molecule has 2 N–H and O–H groups in total. The predicted octanol–water partition coefficient (Wildman–Crippen LogP) is 4.71. The molecule has 8 heteroatoms. The first-order chi connectivity index (χ1) is 15.9. The molecule has 4 rings (SSSR count). The molecule has 0 fully saturated rings. The zero-order valence-electron chi connectivity index (χ0n) is 18.8. The average Bonchev–Trinajstić information content (AvgIpc) is 2.81. The number of aromatic nitrogens is 2. The molecule has 3 aromatic carbocycles. The summed E-state index contributed by atoms with van der Waals surface area (Å²) in [4.78, 5) is 9.41. The van der Waals surface area contributed by atoms with Crippen LogP contribution in [-0.2, 0) is 16.4 Å². The Morgan fingerprint density at radius 1 is 0.879 bits per heavy atom. The molecule has 0 spiro atoms. The smallest absolute Gasteiger partial charge is 0.263 e. The van der Waals surface area contributed by atoms with Gasteiger partial charge in [0.15, 0.2) is 11.6 Å². The summed E-state index contributed by atoms with van der Waals surface area (Å²) in [7, 11) is -2.21. The third kappa shape index (κ3) is 5.23. The van der Waals surface area contributed by atoms with E-state index in [9.17, 15) is 8.42 Å². The number of hydrogen-bond acceptors (Lipinski definition) is 6. The minimum absolute atomic E-state index is 0.171. The van der Waals surface area contributed by atoms with E-state index in [1.165, 1.54) is 0 Å². The molecule has 170 valence electrons. The second-order valence-electron chi connectivity index (χ2n) is 7.81. The molecule has 1 aromatic heterocycles. The highest BCUT2D eigenvalue weighted by atomic mass is 32.2. The van der Waals surface area contributed by atoms with E-state index in [4.69, 9.17) is 4.74 Å². The van der Waals surface area contributed by atoms with Gasteiger partial charge in [0, 0.05) is 6.54 Å². The van der Waals surface area contributed by atoms with Crippen molar-refractivity contribution in [3.63, 3.8) is 0 Å². The summed E-state index contributed by atoms with van der Waals surface area (Å²) in [5, 5.41) is 3.25. The van der Waals surface area contributed by atoms with Gasteiger partial charge >= 0.3 is 0 Å². The Kier molecular flexibility index (Phi) is 6.46. The molecule has 0 saturated carbocycles. The molecule has 0 unspecified atom stereocenters. The largest absolute Gasteiger partial charge is 0.497 e. The van der Waals surface area contributed by atoms with E-state index < -0.39 is 10.0 Å². The van der Waals surface area contributed by atoms with Gasteiger partial charge in [0.1, 0.15) is 5.75 Å². The van der Waals surface area contributed by atoms with Crippen LogP contribution in [0.25, 0.3) is 11.0 Å². The van der Waals surface area contributed by atoms with Crippen LogP contribution in [0.5, 0.6) is 5.75 Å². The lowest BCUT2D eigenvalue weighted by atomic mass is 10.1. The molecule has 0 aliphatic heterocycles. The Labute approximate surface area is 193 Å². The summed E-state index contributed by atoms with van der Waals surface area (Å²) in [6, 6.07) is 20.5. The molecule has 0 aliphatic rings. The molecule has 0 atom stereocenters. The number of ether oxygens (including phenoxy) is 1. The van der Waals surface area contributed by atoms with Crippen LogP contribution < -0.4 is 14.8 Å². The standard InChI is InChI=1S/C25H26N4O3S/c1-17-8-9-18(2)23(16-17)33(30,31)29-25-24(27-21-6-4-5-7-22(21)28-25)26-15-14-19-10-12-20(32-3)13-11-19/h4-13,16H,14-15H2,1-3H3,(H,26,27)(H,28,29). The lowest BCUT2D eigenvalue weighted by Crippen LogP contribution is -2.18. The van der Waals surface area contributed by atoms with Crippen molar-refractivity contribution in [1.82, 2.24) is 9.97 Å². The molecule has 0 radical (unpaired) electrons. The Hall–Kier alpha value is -3.65. The monoisotopic (exact) mass is 462 g/mol. The highest BCUT2D eigenvalue weighted by Gasteiger charge is 2.21. The van der Waals surface area contributed by atoms with E-state index in [1.54, 1.807) is 32.2 Å². The van der Waals surface area contributed by atoms with Crippen molar-refractivity contribution in [2.24, 2.45) is 0 Å². The van der Waals surface area contributed by atoms with E-state index in [0.717, 1.165) is 23.3 Å². The van der Waals surface area contributed by atoms with Gasteiger partial charge in [-0.2, -0.15) is 0 Å². The van der Waals surface area contributed by atoms with Crippen molar-refractivity contribution >= 4 is 32.7 Å². The summed E-state index contributed by atoms with van der Waals surface area (Å²) in [5.74, 6) is 1.36. The maximum atomic E-state index is 13.2. The van der Waals surface area contributed by atoms with Crippen LogP contribution in [0, 0.1) is 13.8 Å². The molecule has 0 saturated heterocycles. The minimum atomic E-state index is -3.85. The molecule has 0 aliphatic carbocycles. The average molecular weight is 463 g/mol. The number of aryl methyl sites for hydroxylation is 2. The molecule has 33 heavy (non-hydrogen) atoms. The number of rotatable bonds is 8. The number of nitrogens with zero attached hydrogens (tertiary/aromatic N) is 2. The highest BCUT2D eigenvalue weighted by Crippen LogP contribution is 2.26. The quantitative estimate of drug-likeness (QED) is 0.394. The molecular formula is C25H26N4O3S. The van der Waals surface area contributed by atoms with Gasteiger partial charge in [-0.25, -0.2) is 18.4 Å². The van der Waals surface area contributed by atoms with Crippen LogP contribution in [-0.4, -0.2) is 32.0 Å². The van der Waals surface area contributed by atoms with Crippen molar-refractivity contribution in [3.05, 3.63) is 83.4 Å². The van der Waals surface area contributed by atoms with Gasteiger partial charge in [0.2, 0.25) is 0 Å². The van der Waals surface area contributed by atoms with Gasteiger partial charge in [0.25, 0.3) is 10.0 Å². The van der Waals surface area contributed by atoms with E-state index in [-0.39, 0.29) is 10.7 Å². The Bertz CT molecular complexity index is 1390. The Morgan fingerprint density at radius 2 is 1.55 bits per heavy atom. The maximum absolute atomic E-state index is 13.2. The summed E-state index contributed by atoms with van der Waals surface area (Å²) in [6.07, 6.45) is 0.724. The predicted molar refractivity (Wildman–Crippen MR) is 131 cm³/mol.